The van der Waals surface area contributed by atoms with E-state index in [1.807, 2.05) is 27.7 Å². The fraction of sp³-hybridized carbons (Fsp3) is 0.378. The van der Waals surface area contributed by atoms with Gasteiger partial charge in [0.25, 0.3) is 0 Å². The van der Waals surface area contributed by atoms with E-state index < -0.39 is 0 Å². The van der Waals surface area contributed by atoms with Crippen LogP contribution in [-0.4, -0.2) is 0 Å². The van der Waals surface area contributed by atoms with Crippen LogP contribution < -0.4 is 0 Å². The van der Waals surface area contributed by atoms with Crippen molar-refractivity contribution in [2.75, 3.05) is 0 Å². The summed E-state index contributed by atoms with van der Waals surface area (Å²) < 4.78 is 0. The predicted molar refractivity (Wildman–Crippen MR) is 173 cm³/mol. The van der Waals surface area contributed by atoms with Crippen molar-refractivity contribution in [2.45, 2.75) is 82.1 Å². The molecular weight excluding hydrogens is 717 g/mol. The van der Waals surface area contributed by atoms with Crippen LogP contribution in [0, 0.1) is 33.1 Å². The van der Waals surface area contributed by atoms with Gasteiger partial charge in [-0.2, -0.15) is 0 Å². The smallest absolute Gasteiger partial charge is 0.358 e. The largest absolute Gasteiger partial charge is 3.00 e. The van der Waals surface area contributed by atoms with Gasteiger partial charge in [0.2, 0.25) is 0 Å². The predicted octanol–water partition coefficient (Wildman–Crippen LogP) is 12.3. The molecule has 0 spiro atoms. The van der Waals surface area contributed by atoms with Crippen LogP contribution in [0.5, 0.6) is 0 Å². The van der Waals surface area contributed by atoms with E-state index in [4.69, 9.17) is 0 Å². The first-order chi connectivity index (χ1) is 16.9. The van der Waals surface area contributed by atoms with Gasteiger partial charge in [-0.25, -0.2) is 18.1 Å². The Morgan fingerprint density at radius 3 is 1.21 bits per heavy atom. The zero-order valence-electron chi connectivity index (χ0n) is 27.1. The summed E-state index contributed by atoms with van der Waals surface area (Å²) in [5.74, 6) is 1.53. The van der Waals surface area contributed by atoms with Gasteiger partial charge in [0.15, 0.2) is 0 Å². The van der Waals surface area contributed by atoms with E-state index >= 15 is 0 Å². The second kappa shape index (κ2) is 24.8. The van der Waals surface area contributed by atoms with Crippen LogP contribution in [0.3, 0.4) is 0 Å². The van der Waals surface area contributed by atoms with Crippen LogP contribution in [0.2, 0.25) is 0 Å². The van der Waals surface area contributed by atoms with E-state index in [1.54, 1.807) is 5.57 Å². The summed E-state index contributed by atoms with van der Waals surface area (Å²) in [7, 11) is 0. The molecule has 3 aliphatic rings. The first-order valence-corrected chi connectivity index (χ1v) is 13.6. The Balaban J connectivity index is -0.000000214. The SMILES string of the molecule is CC.CC.CC1=CC=C(C(C)C(C)C)C1.C[CH-]C1=CC=C(C)C1.[CH3-].[CH3-].[W].[Y+3].c1ccc2c(c1)-c1ccccc1-2. The molecule has 0 aromatic heterocycles. The molecule has 0 N–H and O–H groups in total. The molecule has 1 atom stereocenters. The number of rotatable bonds is 3. The van der Waals surface area contributed by atoms with Gasteiger partial charge < -0.3 is 14.9 Å². The summed E-state index contributed by atoms with van der Waals surface area (Å²) >= 11 is 0. The summed E-state index contributed by atoms with van der Waals surface area (Å²) in [6.45, 7) is 21.4. The molecule has 0 amide bonds. The van der Waals surface area contributed by atoms with Crippen molar-refractivity contribution >= 4 is 0 Å². The maximum Gasteiger partial charge on any atom is 3.00 e. The standard InChI is InChI=1S/C12H8.C11H18.C8H11.2C2H6.2CH3.W.Y/c1-2-6-10-9(5-1)11-7-3-4-8-12(10)11;1-8(2)10(4)11-6-5-9(3)7-11;1-3-8-5-4-7(2)6-8;2*1-2;;;;/h1-8H;5-6,8,10H,7H2,1-4H3;3-5H,6H2,1-2H3;2*1-2H3;2*1H3;;/q;;-1;;;2*-1;;+3. The normalized spacial score (nSPS) is 13.1. The first-order valence-electron chi connectivity index (χ1n) is 13.6. The van der Waals surface area contributed by atoms with Gasteiger partial charge in [-0.05, 0) is 60.8 Å². The molecule has 5 rings (SSSR count). The van der Waals surface area contributed by atoms with Crippen molar-refractivity contribution in [1.29, 1.82) is 0 Å². The molecule has 39 heavy (non-hydrogen) atoms. The Morgan fingerprint density at radius 2 is 0.974 bits per heavy atom. The van der Waals surface area contributed by atoms with Gasteiger partial charge in [0.1, 0.15) is 0 Å². The van der Waals surface area contributed by atoms with Crippen LogP contribution in [0.1, 0.15) is 82.1 Å². The molecule has 0 aliphatic heterocycles. The Kier molecular flexibility index (Phi) is 28.7. The Bertz CT molecular complexity index is 937. The minimum atomic E-state index is 0. The van der Waals surface area contributed by atoms with E-state index in [0.717, 1.165) is 18.3 Å². The van der Waals surface area contributed by atoms with Gasteiger partial charge in [-0.1, -0.05) is 126 Å². The molecule has 0 radical (unpaired) electrons. The van der Waals surface area contributed by atoms with E-state index in [2.05, 4.69) is 121 Å². The van der Waals surface area contributed by atoms with Crippen molar-refractivity contribution in [3.05, 3.63) is 116 Å². The molecular formula is C37H55WY. The van der Waals surface area contributed by atoms with Crippen molar-refractivity contribution in [2.24, 2.45) is 11.8 Å². The molecule has 2 aromatic carbocycles. The zero-order chi connectivity index (χ0) is 26.4. The minimum absolute atomic E-state index is 0. The summed E-state index contributed by atoms with van der Waals surface area (Å²) in [4.78, 5) is 0. The van der Waals surface area contributed by atoms with Crippen LogP contribution in [0.4, 0.5) is 0 Å². The van der Waals surface area contributed by atoms with Crippen molar-refractivity contribution in [3.8, 4) is 22.3 Å². The monoisotopic (exact) mass is 772 g/mol. The molecule has 2 heteroatoms. The second-order valence-corrected chi connectivity index (χ2v) is 9.28. The Hall–Kier alpha value is -0.938. The number of hydrogen-bond acceptors (Lipinski definition) is 0. The molecule has 0 fully saturated rings. The minimum Gasteiger partial charge on any atom is -0.358 e. The molecule has 0 heterocycles. The third kappa shape index (κ3) is 14.0. The van der Waals surface area contributed by atoms with Crippen molar-refractivity contribution < 1.29 is 53.8 Å². The first kappa shape index (κ1) is 45.1. The number of fused-ring (bicyclic) bond motifs is 4. The maximum absolute atomic E-state index is 2.32. The van der Waals surface area contributed by atoms with E-state index in [-0.39, 0.29) is 68.6 Å². The van der Waals surface area contributed by atoms with E-state index in [1.165, 1.54) is 45.4 Å². The van der Waals surface area contributed by atoms with Crippen LogP contribution in [-0.2, 0) is 53.8 Å². The number of benzene rings is 2. The summed E-state index contributed by atoms with van der Waals surface area (Å²) in [6, 6.07) is 17.1. The zero-order valence-corrected chi connectivity index (χ0v) is 32.8. The topological polar surface area (TPSA) is 0 Å². The molecule has 212 valence electrons. The van der Waals surface area contributed by atoms with Crippen LogP contribution in [0.25, 0.3) is 22.3 Å². The van der Waals surface area contributed by atoms with E-state index in [9.17, 15) is 0 Å². The van der Waals surface area contributed by atoms with Crippen LogP contribution >= 0.6 is 0 Å². The fourth-order valence-corrected chi connectivity index (χ4v) is 4.16. The molecule has 0 nitrogen and oxygen atoms in total. The summed E-state index contributed by atoms with van der Waals surface area (Å²) in [5, 5.41) is 0. The fourth-order valence-electron chi connectivity index (χ4n) is 4.16. The Labute approximate surface area is 284 Å². The van der Waals surface area contributed by atoms with Crippen LogP contribution in [0.15, 0.2) is 95.1 Å². The van der Waals surface area contributed by atoms with Gasteiger partial charge in [0.05, 0.1) is 0 Å². The summed E-state index contributed by atoms with van der Waals surface area (Å²) in [6.07, 6.45) is 13.4. The number of hydrogen-bond donors (Lipinski definition) is 0. The number of allylic oxidation sites excluding steroid dienone is 8. The third-order valence-corrected chi connectivity index (χ3v) is 6.52. The average molecular weight is 773 g/mol. The van der Waals surface area contributed by atoms with Gasteiger partial charge >= 0.3 is 32.7 Å². The van der Waals surface area contributed by atoms with Gasteiger partial charge in [-0.15, -0.1) is 13.0 Å². The van der Waals surface area contributed by atoms with Crippen molar-refractivity contribution in [3.63, 3.8) is 0 Å². The molecule has 2 aromatic rings. The Morgan fingerprint density at radius 1 is 0.615 bits per heavy atom. The van der Waals surface area contributed by atoms with E-state index in [0.29, 0.717) is 0 Å². The molecule has 0 bridgehead atoms. The maximum atomic E-state index is 2.32. The molecule has 0 saturated carbocycles. The average Bonchev–Trinajstić information content (AvgIpc) is 3.53. The quantitative estimate of drug-likeness (QED) is 0.233. The van der Waals surface area contributed by atoms with Gasteiger partial charge in [-0.3, -0.25) is 0 Å². The summed E-state index contributed by atoms with van der Waals surface area (Å²) in [5.41, 5.74) is 11.6. The molecule has 3 aliphatic carbocycles. The van der Waals surface area contributed by atoms with Crippen molar-refractivity contribution in [1.82, 2.24) is 0 Å². The second-order valence-electron chi connectivity index (χ2n) is 9.28. The molecule has 0 saturated heterocycles. The third-order valence-electron chi connectivity index (χ3n) is 6.52. The molecule has 1 unspecified atom stereocenters. The van der Waals surface area contributed by atoms with Gasteiger partial charge in [0, 0.05) is 21.1 Å².